The smallest absolute Gasteiger partial charge is 0.259 e. The molecule has 6 heteroatoms. The molecular weight excluding hydrogens is 280 g/mol. The van der Waals surface area contributed by atoms with Crippen molar-refractivity contribution in [2.75, 3.05) is 20.2 Å². The van der Waals surface area contributed by atoms with Crippen molar-refractivity contribution in [3.05, 3.63) is 40.8 Å². The number of aryl methyl sites for hydroxylation is 2. The molecule has 0 aliphatic heterocycles. The largest absolute Gasteiger partial charge is 0.477 e. The molecule has 0 aliphatic rings. The van der Waals surface area contributed by atoms with Gasteiger partial charge in [0, 0.05) is 25.5 Å². The minimum atomic E-state index is -0.0876. The number of hydrogen-bond donors (Lipinski definition) is 1. The molecule has 0 radical (unpaired) electrons. The summed E-state index contributed by atoms with van der Waals surface area (Å²) in [5, 5.41) is 7.14. The third kappa shape index (κ3) is 3.44. The SMILES string of the molecule is CCOc1ncccc1C(=O)N(C)CCc1c(C)n[nH]c1C. The first kappa shape index (κ1) is 16.0. The second-order valence-corrected chi connectivity index (χ2v) is 5.18. The zero-order chi connectivity index (χ0) is 16.1. The monoisotopic (exact) mass is 302 g/mol. The average Bonchev–Trinajstić information content (AvgIpc) is 2.84. The molecule has 2 aromatic heterocycles. The lowest BCUT2D eigenvalue weighted by molar-refractivity contribution is 0.0791. The Morgan fingerprint density at radius 3 is 2.82 bits per heavy atom. The van der Waals surface area contributed by atoms with Gasteiger partial charge in [-0.15, -0.1) is 0 Å². The second kappa shape index (κ2) is 7.06. The molecule has 6 nitrogen and oxygen atoms in total. The predicted molar refractivity (Wildman–Crippen MR) is 84.1 cm³/mol. The van der Waals surface area contributed by atoms with Gasteiger partial charge in [-0.25, -0.2) is 4.98 Å². The second-order valence-electron chi connectivity index (χ2n) is 5.18. The molecule has 0 fully saturated rings. The molecule has 0 saturated heterocycles. The van der Waals surface area contributed by atoms with Crippen LogP contribution in [0.3, 0.4) is 0 Å². The highest BCUT2D eigenvalue weighted by molar-refractivity contribution is 5.96. The van der Waals surface area contributed by atoms with E-state index in [2.05, 4.69) is 15.2 Å². The van der Waals surface area contributed by atoms with Gasteiger partial charge in [-0.1, -0.05) is 0 Å². The van der Waals surface area contributed by atoms with Crippen LogP contribution >= 0.6 is 0 Å². The van der Waals surface area contributed by atoms with Crippen molar-refractivity contribution in [2.45, 2.75) is 27.2 Å². The normalized spacial score (nSPS) is 10.5. The molecule has 0 spiro atoms. The predicted octanol–water partition coefficient (Wildman–Crippen LogP) is 2.13. The molecule has 2 rings (SSSR count). The number of carbonyl (C=O) groups excluding carboxylic acids is 1. The lowest BCUT2D eigenvalue weighted by atomic mass is 10.1. The highest BCUT2D eigenvalue weighted by Crippen LogP contribution is 2.17. The maximum atomic E-state index is 12.6. The summed E-state index contributed by atoms with van der Waals surface area (Å²) in [6, 6.07) is 3.49. The number of rotatable bonds is 6. The number of likely N-dealkylation sites (N-methyl/N-ethyl adjacent to an activating group) is 1. The number of pyridine rings is 1. The number of H-pyrrole nitrogens is 1. The van der Waals surface area contributed by atoms with Crippen LogP contribution in [0.5, 0.6) is 5.88 Å². The summed E-state index contributed by atoms with van der Waals surface area (Å²) in [5.74, 6) is 0.299. The number of aromatic amines is 1. The van der Waals surface area contributed by atoms with Crippen molar-refractivity contribution < 1.29 is 9.53 Å². The number of nitrogens with one attached hydrogen (secondary N) is 1. The van der Waals surface area contributed by atoms with Gasteiger partial charge < -0.3 is 9.64 Å². The number of amides is 1. The van der Waals surface area contributed by atoms with Gasteiger partial charge in [0.1, 0.15) is 5.56 Å². The summed E-state index contributed by atoms with van der Waals surface area (Å²) >= 11 is 0. The summed E-state index contributed by atoms with van der Waals surface area (Å²) in [6.07, 6.45) is 2.39. The first-order chi connectivity index (χ1) is 10.5. The molecule has 0 bridgehead atoms. The van der Waals surface area contributed by atoms with Gasteiger partial charge in [0.15, 0.2) is 0 Å². The highest BCUT2D eigenvalue weighted by Gasteiger charge is 2.18. The van der Waals surface area contributed by atoms with Gasteiger partial charge >= 0.3 is 0 Å². The Hall–Kier alpha value is -2.37. The molecule has 118 valence electrons. The third-order valence-corrected chi connectivity index (χ3v) is 3.61. The van der Waals surface area contributed by atoms with Crippen LogP contribution in [0, 0.1) is 13.8 Å². The molecule has 1 amide bonds. The van der Waals surface area contributed by atoms with E-state index in [-0.39, 0.29) is 5.91 Å². The van der Waals surface area contributed by atoms with Crippen molar-refractivity contribution in [1.29, 1.82) is 0 Å². The Morgan fingerprint density at radius 2 is 2.18 bits per heavy atom. The van der Waals surface area contributed by atoms with E-state index in [9.17, 15) is 4.79 Å². The maximum absolute atomic E-state index is 12.6. The Bertz CT molecular complexity index is 632. The molecule has 0 saturated carbocycles. The summed E-state index contributed by atoms with van der Waals surface area (Å²) in [7, 11) is 1.79. The van der Waals surface area contributed by atoms with Gasteiger partial charge in [-0.2, -0.15) is 5.10 Å². The van der Waals surface area contributed by atoms with Crippen LogP contribution in [0.2, 0.25) is 0 Å². The minimum absolute atomic E-state index is 0.0876. The van der Waals surface area contributed by atoms with E-state index >= 15 is 0 Å². The van der Waals surface area contributed by atoms with Crippen molar-refractivity contribution in [3.8, 4) is 5.88 Å². The molecule has 2 heterocycles. The van der Waals surface area contributed by atoms with Crippen molar-refractivity contribution >= 4 is 5.91 Å². The van der Waals surface area contributed by atoms with Crippen LogP contribution in [0.25, 0.3) is 0 Å². The summed E-state index contributed by atoms with van der Waals surface area (Å²) < 4.78 is 5.42. The lowest BCUT2D eigenvalue weighted by Crippen LogP contribution is -2.29. The Morgan fingerprint density at radius 1 is 1.41 bits per heavy atom. The van der Waals surface area contributed by atoms with Gasteiger partial charge in [-0.05, 0) is 44.9 Å². The first-order valence-electron chi connectivity index (χ1n) is 7.38. The zero-order valence-electron chi connectivity index (χ0n) is 13.5. The summed E-state index contributed by atoms with van der Waals surface area (Å²) in [6.45, 7) is 6.92. The summed E-state index contributed by atoms with van der Waals surface area (Å²) in [4.78, 5) is 18.4. The molecule has 0 aromatic carbocycles. The van der Waals surface area contributed by atoms with Crippen molar-refractivity contribution in [2.24, 2.45) is 0 Å². The number of aromatic nitrogens is 3. The summed E-state index contributed by atoms with van der Waals surface area (Å²) in [5.41, 5.74) is 3.69. The Balaban J connectivity index is 2.06. The topological polar surface area (TPSA) is 71.1 Å². The first-order valence-corrected chi connectivity index (χ1v) is 7.38. The van der Waals surface area contributed by atoms with E-state index in [4.69, 9.17) is 4.74 Å². The molecule has 22 heavy (non-hydrogen) atoms. The van der Waals surface area contributed by atoms with Crippen molar-refractivity contribution in [3.63, 3.8) is 0 Å². The Kier molecular flexibility index (Phi) is 5.14. The fourth-order valence-corrected chi connectivity index (χ4v) is 2.33. The number of nitrogens with zero attached hydrogens (tertiary/aromatic N) is 3. The Labute approximate surface area is 130 Å². The van der Waals surface area contributed by atoms with Crippen LogP contribution in [0.15, 0.2) is 18.3 Å². The van der Waals surface area contributed by atoms with Crippen LogP contribution < -0.4 is 4.74 Å². The van der Waals surface area contributed by atoms with Crippen LogP contribution in [-0.4, -0.2) is 46.2 Å². The number of hydrogen-bond acceptors (Lipinski definition) is 4. The van der Waals surface area contributed by atoms with E-state index in [0.29, 0.717) is 24.6 Å². The lowest BCUT2D eigenvalue weighted by Gasteiger charge is -2.18. The van der Waals surface area contributed by atoms with E-state index in [0.717, 1.165) is 23.4 Å². The third-order valence-electron chi connectivity index (χ3n) is 3.61. The molecule has 0 atom stereocenters. The standard InChI is InChI=1S/C16H22N4O2/c1-5-22-15-14(7-6-9-17-15)16(21)20(4)10-8-13-11(2)18-19-12(13)3/h6-7,9H,5,8,10H2,1-4H3,(H,18,19). The van der Waals surface area contributed by atoms with Crippen LogP contribution in [0.4, 0.5) is 0 Å². The van der Waals surface area contributed by atoms with Crippen molar-refractivity contribution in [1.82, 2.24) is 20.1 Å². The fourth-order valence-electron chi connectivity index (χ4n) is 2.33. The number of carbonyl (C=O) groups is 1. The van der Waals surface area contributed by atoms with Gasteiger partial charge in [-0.3, -0.25) is 9.89 Å². The molecule has 1 N–H and O–H groups in total. The molecule has 0 unspecified atom stereocenters. The van der Waals surface area contributed by atoms with Gasteiger partial charge in [0.25, 0.3) is 5.91 Å². The van der Waals surface area contributed by atoms with E-state index < -0.39 is 0 Å². The van der Waals surface area contributed by atoms with Crippen LogP contribution in [0.1, 0.15) is 34.2 Å². The fraction of sp³-hybridized carbons (Fsp3) is 0.438. The molecule has 2 aromatic rings. The van der Waals surface area contributed by atoms with Gasteiger partial charge in [0.2, 0.25) is 5.88 Å². The van der Waals surface area contributed by atoms with Gasteiger partial charge in [0.05, 0.1) is 12.3 Å². The maximum Gasteiger partial charge on any atom is 0.259 e. The van der Waals surface area contributed by atoms with E-state index in [1.807, 2.05) is 20.8 Å². The minimum Gasteiger partial charge on any atom is -0.477 e. The number of ether oxygens (including phenoxy) is 1. The van der Waals surface area contributed by atoms with E-state index in [1.165, 1.54) is 0 Å². The average molecular weight is 302 g/mol. The highest BCUT2D eigenvalue weighted by atomic mass is 16.5. The molecular formula is C16H22N4O2. The van der Waals surface area contributed by atoms with E-state index in [1.54, 1.807) is 30.3 Å². The quantitative estimate of drug-likeness (QED) is 0.887. The van der Waals surface area contributed by atoms with Crippen LogP contribution in [-0.2, 0) is 6.42 Å². The zero-order valence-corrected chi connectivity index (χ0v) is 13.5. The molecule has 0 aliphatic carbocycles.